The van der Waals surface area contributed by atoms with Crippen molar-refractivity contribution in [3.05, 3.63) is 131 Å². The van der Waals surface area contributed by atoms with E-state index in [1.165, 1.54) is 45.9 Å². The Morgan fingerprint density at radius 2 is 1.46 bits per heavy atom. The van der Waals surface area contributed by atoms with Crippen molar-refractivity contribution in [1.29, 1.82) is 0 Å². The van der Waals surface area contributed by atoms with Crippen LogP contribution < -0.4 is 5.32 Å². The molecule has 2 unspecified atom stereocenters. The largest absolute Gasteiger partial charge is 0.508 e. The number of carbonyl (C=O) groups is 7. The number of fused-ring (bicyclic) bond motifs is 5. The number of esters is 4. The van der Waals surface area contributed by atoms with Gasteiger partial charge in [0.25, 0.3) is 5.91 Å². The van der Waals surface area contributed by atoms with Crippen LogP contribution in [0, 0.1) is 16.7 Å². The van der Waals surface area contributed by atoms with Crippen LogP contribution in [0.15, 0.2) is 115 Å². The van der Waals surface area contributed by atoms with E-state index in [-0.39, 0.29) is 41.9 Å². The van der Waals surface area contributed by atoms with Crippen LogP contribution in [0.3, 0.4) is 0 Å². The minimum Gasteiger partial charge on any atom is -0.456 e. The Morgan fingerprint density at radius 1 is 0.853 bits per heavy atom. The third-order valence-corrected chi connectivity index (χ3v) is 14.0. The molecular formula is C51H55NO16. The number of Topliss-reactive ketones (excluding diaryl/α,β-unsaturated/α-hetero) is 1. The standard InChI is InChI=1S/C51H55NO16/c1-8-24-62-47(60)66-35-25-36-50(27-63-36,68-30(4)54)41-43(67-45(58)33-22-16-11-17-23-33)51(61)26-34(28(2)37(48(51,5)6)40(64-29(3)53)42(56)49(35,41)7)65-46(59)39(55)38(31-18-12-9-13-19-31)52-44(57)32-20-14-10-15-21-32/h8-23,34-36,38-41,43,55,61H,1,24-27H2,2-7H3,(H,52,57)/t34-,35-,36+,38-,39+,40+,41?,43?,49+,50-,51+/m0/s1. The summed E-state index contributed by atoms with van der Waals surface area (Å²) in [5.74, 6) is -7.21. The first kappa shape index (κ1) is 49.2. The smallest absolute Gasteiger partial charge is 0.456 e. The SMILES string of the molecule is C=CCOC(=O)O[C@H]1C[C@H]2OC[C@@]2(OC(C)=O)C2C(OC(=O)c3ccccc3)[C@]3(O)C[C@H](OC(=O)[C@H](O)[C@@H](NC(=O)c4ccccc4)c4ccccc4)C(C)=C([C@@H](OC(C)=O)C(=O)[C@@]21C)C3(C)C. The zero-order valence-corrected chi connectivity index (χ0v) is 38.5. The second-order valence-corrected chi connectivity index (χ2v) is 18.3. The first-order valence-corrected chi connectivity index (χ1v) is 22.2. The Bertz CT molecular complexity index is 2490. The van der Waals surface area contributed by atoms with Crippen molar-refractivity contribution < 1.29 is 76.9 Å². The summed E-state index contributed by atoms with van der Waals surface area (Å²) in [7, 11) is 0. The van der Waals surface area contributed by atoms with E-state index >= 15 is 4.79 Å². The highest BCUT2D eigenvalue weighted by molar-refractivity contribution is 5.96. The highest BCUT2D eigenvalue weighted by atomic mass is 16.7. The summed E-state index contributed by atoms with van der Waals surface area (Å²) in [6.07, 6.45) is -10.9. The topological polar surface area (TPSA) is 237 Å². The van der Waals surface area contributed by atoms with E-state index in [0.29, 0.717) is 5.56 Å². The lowest BCUT2D eigenvalue weighted by Gasteiger charge is -2.67. The van der Waals surface area contributed by atoms with Crippen LogP contribution in [0.4, 0.5) is 4.79 Å². The van der Waals surface area contributed by atoms with Gasteiger partial charge in [0.2, 0.25) is 0 Å². The number of aliphatic hydroxyl groups is 2. The van der Waals surface area contributed by atoms with E-state index in [4.69, 9.17) is 33.2 Å². The number of ketones is 1. The molecule has 17 nitrogen and oxygen atoms in total. The predicted molar refractivity (Wildman–Crippen MR) is 238 cm³/mol. The maximum atomic E-state index is 16.0. The fraction of sp³-hybridized carbons (Fsp3) is 0.431. The summed E-state index contributed by atoms with van der Waals surface area (Å²) >= 11 is 0. The summed E-state index contributed by atoms with van der Waals surface area (Å²) in [5.41, 5.74) is -7.59. The maximum Gasteiger partial charge on any atom is 0.508 e. The van der Waals surface area contributed by atoms with Crippen molar-refractivity contribution in [3.63, 3.8) is 0 Å². The van der Waals surface area contributed by atoms with Crippen molar-refractivity contribution in [2.24, 2.45) is 16.7 Å². The van der Waals surface area contributed by atoms with Crippen molar-refractivity contribution >= 4 is 41.7 Å². The van der Waals surface area contributed by atoms with E-state index in [1.807, 2.05) is 0 Å². The Kier molecular flexibility index (Phi) is 13.8. The van der Waals surface area contributed by atoms with Gasteiger partial charge in [-0.15, -0.1) is 0 Å². The summed E-state index contributed by atoms with van der Waals surface area (Å²) in [5, 5.41) is 28.5. The summed E-state index contributed by atoms with van der Waals surface area (Å²) < 4.78 is 41.8. The molecule has 1 aliphatic heterocycles. The third-order valence-electron chi connectivity index (χ3n) is 14.0. The summed E-state index contributed by atoms with van der Waals surface area (Å²) in [4.78, 5) is 98.3. The van der Waals surface area contributed by atoms with Gasteiger partial charge in [0.1, 0.15) is 36.6 Å². The molecular weight excluding hydrogens is 883 g/mol. The minimum absolute atomic E-state index is 0.0275. The first-order chi connectivity index (χ1) is 32.2. The number of amides is 1. The molecule has 4 aliphatic rings. The Morgan fingerprint density at radius 3 is 2.01 bits per heavy atom. The van der Waals surface area contributed by atoms with Crippen LogP contribution >= 0.6 is 0 Å². The molecule has 360 valence electrons. The molecule has 0 aromatic heterocycles. The zero-order valence-electron chi connectivity index (χ0n) is 38.5. The van der Waals surface area contributed by atoms with Crippen molar-refractivity contribution in [2.45, 2.75) is 108 Å². The number of aliphatic hydroxyl groups excluding tert-OH is 1. The second kappa shape index (κ2) is 19.1. The lowest BCUT2D eigenvalue weighted by molar-refractivity contribution is -0.346. The number of nitrogens with one attached hydrogen (secondary N) is 1. The fourth-order valence-corrected chi connectivity index (χ4v) is 10.6. The van der Waals surface area contributed by atoms with Gasteiger partial charge in [-0.3, -0.25) is 19.2 Å². The molecule has 3 aliphatic carbocycles. The maximum absolute atomic E-state index is 16.0. The van der Waals surface area contributed by atoms with E-state index < -0.39 is 119 Å². The quantitative estimate of drug-likeness (QED) is 0.115. The van der Waals surface area contributed by atoms with Gasteiger partial charge in [-0.05, 0) is 54.8 Å². The van der Waals surface area contributed by atoms with Crippen LogP contribution in [0.5, 0.6) is 0 Å². The van der Waals surface area contributed by atoms with E-state index in [1.54, 1.807) is 78.9 Å². The van der Waals surface area contributed by atoms with Gasteiger partial charge in [-0.1, -0.05) is 93.2 Å². The molecule has 0 radical (unpaired) electrons. The van der Waals surface area contributed by atoms with Gasteiger partial charge in [0.05, 0.1) is 29.5 Å². The number of hydrogen-bond acceptors (Lipinski definition) is 16. The van der Waals surface area contributed by atoms with Crippen molar-refractivity contribution in [1.82, 2.24) is 5.32 Å². The molecule has 1 amide bonds. The lowest BCUT2D eigenvalue weighted by Crippen LogP contribution is -2.82. The van der Waals surface area contributed by atoms with Gasteiger partial charge >= 0.3 is 30.0 Å². The van der Waals surface area contributed by atoms with Gasteiger partial charge < -0.3 is 48.7 Å². The number of hydrogen-bond donors (Lipinski definition) is 3. The molecule has 68 heavy (non-hydrogen) atoms. The van der Waals surface area contributed by atoms with Crippen LogP contribution in [0.25, 0.3) is 0 Å². The third kappa shape index (κ3) is 8.69. The molecule has 2 bridgehead atoms. The molecule has 3 fully saturated rings. The van der Waals surface area contributed by atoms with E-state index in [0.717, 1.165) is 13.8 Å². The molecule has 0 spiro atoms. The van der Waals surface area contributed by atoms with Gasteiger partial charge in [-0.25, -0.2) is 14.4 Å². The molecule has 17 heteroatoms. The molecule has 7 rings (SSSR count). The number of rotatable bonds is 13. The monoisotopic (exact) mass is 937 g/mol. The normalized spacial score (nSPS) is 29.9. The Hall–Kier alpha value is -6.69. The average Bonchev–Trinajstić information content (AvgIpc) is 3.30. The zero-order chi connectivity index (χ0) is 49.3. The molecule has 3 N–H and O–H groups in total. The molecule has 11 atom stereocenters. The number of benzene rings is 3. The fourth-order valence-electron chi connectivity index (χ4n) is 10.6. The van der Waals surface area contributed by atoms with Crippen molar-refractivity contribution in [3.8, 4) is 0 Å². The highest BCUT2D eigenvalue weighted by Crippen LogP contribution is 2.65. The van der Waals surface area contributed by atoms with Gasteiger partial charge in [0.15, 0.2) is 23.6 Å². The Labute approximate surface area is 392 Å². The molecule has 2 saturated carbocycles. The molecule has 1 heterocycles. The van der Waals surface area contributed by atoms with Crippen LogP contribution in [0.2, 0.25) is 0 Å². The van der Waals surface area contributed by atoms with Crippen molar-refractivity contribution in [2.75, 3.05) is 13.2 Å². The lowest BCUT2D eigenvalue weighted by atomic mass is 9.44. The van der Waals surface area contributed by atoms with Crippen LogP contribution in [-0.2, 0) is 52.3 Å². The van der Waals surface area contributed by atoms with E-state index in [9.17, 15) is 39.0 Å². The summed E-state index contributed by atoms with van der Waals surface area (Å²) in [6, 6.07) is 22.7. The minimum atomic E-state index is -2.48. The highest BCUT2D eigenvalue weighted by Gasteiger charge is 2.79. The number of carbonyl (C=O) groups excluding carboxylic acids is 7. The van der Waals surface area contributed by atoms with Gasteiger partial charge in [-0.2, -0.15) is 0 Å². The van der Waals surface area contributed by atoms with Gasteiger partial charge in [0, 0.05) is 37.7 Å². The predicted octanol–water partition coefficient (Wildman–Crippen LogP) is 5.08. The van der Waals surface area contributed by atoms with E-state index in [2.05, 4.69) is 11.9 Å². The van der Waals surface area contributed by atoms with Crippen LogP contribution in [0.1, 0.15) is 86.7 Å². The number of ether oxygens (including phenoxy) is 7. The average molecular weight is 938 g/mol. The molecule has 3 aromatic carbocycles. The summed E-state index contributed by atoms with van der Waals surface area (Å²) in [6.45, 7) is 11.1. The Balaban J connectivity index is 1.42. The first-order valence-electron chi connectivity index (χ1n) is 22.2. The molecule has 1 saturated heterocycles. The molecule has 3 aromatic rings. The van der Waals surface area contributed by atoms with Crippen LogP contribution in [-0.4, -0.2) is 113 Å². The second-order valence-electron chi connectivity index (χ2n) is 18.3.